The van der Waals surface area contributed by atoms with Gasteiger partial charge >= 0.3 is 0 Å². The Bertz CT molecular complexity index is 1180. The van der Waals surface area contributed by atoms with E-state index in [1.54, 1.807) is 23.9 Å². The van der Waals surface area contributed by atoms with Crippen molar-refractivity contribution in [3.05, 3.63) is 96.6 Å². The third-order valence-electron chi connectivity index (χ3n) is 4.85. The molecule has 3 aromatic carbocycles. The molecule has 0 aliphatic heterocycles. The Morgan fingerprint density at radius 3 is 2.30 bits per heavy atom. The molecule has 0 bridgehead atoms. The fraction of sp³-hybridized carbons (Fsp3) is 0.160. The van der Waals surface area contributed by atoms with Gasteiger partial charge in [0.2, 0.25) is 5.91 Å². The van der Waals surface area contributed by atoms with Crippen LogP contribution in [-0.4, -0.2) is 25.9 Å². The molecule has 4 aromatic rings. The van der Waals surface area contributed by atoms with Crippen LogP contribution in [0.25, 0.3) is 5.69 Å². The van der Waals surface area contributed by atoms with E-state index in [-0.39, 0.29) is 17.0 Å². The number of hydrogen-bond donors (Lipinski definition) is 1. The number of carbonyl (C=O) groups excluding carboxylic acids is 1. The molecule has 0 saturated heterocycles. The van der Waals surface area contributed by atoms with Gasteiger partial charge < -0.3 is 5.32 Å². The second-order valence-corrected chi connectivity index (χ2v) is 9.40. The summed E-state index contributed by atoms with van der Waals surface area (Å²) in [5.74, 6) is 0.958. The highest BCUT2D eigenvalue weighted by Gasteiger charge is 2.23. The quantitative estimate of drug-likeness (QED) is 0.290. The number of anilines is 1. The molecule has 1 heterocycles. The van der Waals surface area contributed by atoms with E-state index in [0.29, 0.717) is 23.0 Å². The number of amides is 1. The molecule has 1 amide bonds. The highest BCUT2D eigenvalue weighted by molar-refractivity contribution is 8.00. The van der Waals surface area contributed by atoms with Gasteiger partial charge in [0.15, 0.2) is 5.16 Å². The minimum absolute atomic E-state index is 0.156. The monoisotopic (exact) mass is 478 g/mol. The lowest BCUT2D eigenvalue weighted by Crippen LogP contribution is -2.25. The molecule has 1 aromatic heterocycles. The molecular formula is C25H23FN4OS2. The lowest BCUT2D eigenvalue weighted by Gasteiger charge is -2.16. The first kappa shape index (κ1) is 23.1. The number of hydrogen-bond acceptors (Lipinski definition) is 5. The third-order valence-corrected chi connectivity index (χ3v) is 7.16. The molecule has 168 valence electrons. The van der Waals surface area contributed by atoms with Crippen molar-refractivity contribution >= 4 is 35.1 Å². The van der Waals surface area contributed by atoms with Crippen LogP contribution in [0.1, 0.15) is 19.2 Å². The minimum Gasteiger partial charge on any atom is -0.325 e. The highest BCUT2D eigenvalue weighted by Crippen LogP contribution is 2.30. The summed E-state index contributed by atoms with van der Waals surface area (Å²) in [7, 11) is 0. The largest absolute Gasteiger partial charge is 0.325 e. The summed E-state index contributed by atoms with van der Waals surface area (Å²) in [6, 6.07) is 25.8. The van der Waals surface area contributed by atoms with Gasteiger partial charge in [-0.25, -0.2) is 4.39 Å². The van der Waals surface area contributed by atoms with Crippen molar-refractivity contribution in [1.29, 1.82) is 0 Å². The number of nitrogens with zero attached hydrogens (tertiary/aromatic N) is 3. The van der Waals surface area contributed by atoms with E-state index in [4.69, 9.17) is 0 Å². The van der Waals surface area contributed by atoms with Crippen LogP contribution in [0.15, 0.2) is 95.0 Å². The maximum absolute atomic E-state index is 13.2. The van der Waals surface area contributed by atoms with Crippen molar-refractivity contribution in [2.24, 2.45) is 0 Å². The van der Waals surface area contributed by atoms with Crippen molar-refractivity contribution in [2.75, 3.05) is 5.32 Å². The first-order valence-electron chi connectivity index (χ1n) is 10.5. The lowest BCUT2D eigenvalue weighted by atomic mass is 10.2. The average Bonchev–Trinajstić information content (AvgIpc) is 3.26. The summed E-state index contributed by atoms with van der Waals surface area (Å²) in [5, 5.41) is 12.0. The molecule has 0 spiro atoms. The van der Waals surface area contributed by atoms with Crippen LogP contribution in [0.3, 0.4) is 0 Å². The van der Waals surface area contributed by atoms with Crippen LogP contribution in [-0.2, 0) is 10.5 Å². The number of thioether (sulfide) groups is 2. The van der Waals surface area contributed by atoms with Gasteiger partial charge in [-0.05, 0) is 55.0 Å². The number of aromatic nitrogens is 3. The molecule has 0 aliphatic carbocycles. The summed E-state index contributed by atoms with van der Waals surface area (Å²) in [6.45, 7) is 1.96. The fourth-order valence-corrected chi connectivity index (χ4v) is 5.00. The summed E-state index contributed by atoms with van der Waals surface area (Å²) >= 11 is 3.06. The van der Waals surface area contributed by atoms with E-state index >= 15 is 0 Å². The van der Waals surface area contributed by atoms with Crippen LogP contribution in [0, 0.1) is 5.82 Å². The fourth-order valence-electron chi connectivity index (χ4n) is 3.18. The average molecular weight is 479 g/mol. The smallest absolute Gasteiger partial charge is 0.237 e. The molecule has 8 heteroatoms. The summed E-state index contributed by atoms with van der Waals surface area (Å²) in [5.41, 5.74) is 1.51. The molecule has 33 heavy (non-hydrogen) atoms. The molecule has 0 aliphatic rings. The van der Waals surface area contributed by atoms with Crippen molar-refractivity contribution in [3.8, 4) is 5.69 Å². The minimum atomic E-state index is -0.378. The second-order valence-electron chi connectivity index (χ2n) is 7.18. The zero-order valence-corrected chi connectivity index (χ0v) is 19.7. The second kappa shape index (κ2) is 11.2. The topological polar surface area (TPSA) is 59.8 Å². The van der Waals surface area contributed by atoms with Crippen molar-refractivity contribution < 1.29 is 9.18 Å². The zero-order chi connectivity index (χ0) is 23.0. The van der Waals surface area contributed by atoms with E-state index in [2.05, 4.69) is 27.6 Å². The molecule has 1 unspecified atom stereocenters. The van der Waals surface area contributed by atoms with Gasteiger partial charge in [0, 0.05) is 16.3 Å². The predicted octanol–water partition coefficient (Wildman–Crippen LogP) is 6.21. The maximum atomic E-state index is 13.2. The van der Waals surface area contributed by atoms with E-state index in [0.717, 1.165) is 16.4 Å². The normalized spacial score (nSPS) is 11.8. The van der Waals surface area contributed by atoms with Gasteiger partial charge in [-0.1, -0.05) is 55.1 Å². The first-order valence-corrected chi connectivity index (χ1v) is 12.4. The predicted molar refractivity (Wildman–Crippen MR) is 132 cm³/mol. The zero-order valence-electron chi connectivity index (χ0n) is 18.0. The summed E-state index contributed by atoms with van der Waals surface area (Å²) in [4.78, 5) is 14.1. The lowest BCUT2D eigenvalue weighted by molar-refractivity contribution is -0.115. The number of rotatable bonds is 9. The molecular weight excluding hydrogens is 455 g/mol. The number of benzene rings is 3. The van der Waals surface area contributed by atoms with E-state index < -0.39 is 0 Å². The van der Waals surface area contributed by atoms with Crippen LogP contribution >= 0.6 is 23.5 Å². The third kappa shape index (κ3) is 6.03. The van der Waals surface area contributed by atoms with Crippen LogP contribution in [0.2, 0.25) is 0 Å². The van der Waals surface area contributed by atoms with Crippen molar-refractivity contribution in [3.63, 3.8) is 0 Å². The molecule has 0 fully saturated rings. The van der Waals surface area contributed by atoms with Gasteiger partial charge in [0.25, 0.3) is 0 Å². The standard InChI is InChI=1S/C25H23FN4OS2/c1-2-22(24(31)27-19-15-13-18(26)14-16-19)33-25-29-28-23(17-32-21-11-7-4-8-12-21)30(25)20-9-5-3-6-10-20/h3-16,22H,2,17H2,1H3,(H,27,31). The number of para-hydroxylation sites is 1. The van der Waals surface area contributed by atoms with Gasteiger partial charge in [0.05, 0.1) is 11.0 Å². The first-order chi connectivity index (χ1) is 16.1. The maximum Gasteiger partial charge on any atom is 0.237 e. The number of nitrogens with one attached hydrogen (secondary N) is 1. The Morgan fingerprint density at radius 2 is 1.64 bits per heavy atom. The van der Waals surface area contributed by atoms with Crippen LogP contribution in [0.5, 0.6) is 0 Å². The summed E-state index contributed by atoms with van der Waals surface area (Å²) < 4.78 is 15.2. The molecule has 4 rings (SSSR count). The Balaban J connectivity index is 1.56. The molecule has 1 atom stereocenters. The van der Waals surface area contributed by atoms with Gasteiger partial charge in [-0.15, -0.1) is 22.0 Å². The molecule has 1 N–H and O–H groups in total. The molecule has 5 nitrogen and oxygen atoms in total. The Kier molecular flexibility index (Phi) is 7.80. The van der Waals surface area contributed by atoms with Gasteiger partial charge in [0.1, 0.15) is 11.6 Å². The Labute approximate surface area is 200 Å². The van der Waals surface area contributed by atoms with E-state index in [9.17, 15) is 9.18 Å². The highest BCUT2D eigenvalue weighted by atomic mass is 32.2. The van der Waals surface area contributed by atoms with Crippen LogP contribution < -0.4 is 5.32 Å². The Morgan fingerprint density at radius 1 is 0.970 bits per heavy atom. The van der Waals surface area contributed by atoms with E-state index in [1.807, 2.05) is 60.0 Å². The number of halogens is 1. The van der Waals surface area contributed by atoms with E-state index in [1.165, 1.54) is 23.9 Å². The summed E-state index contributed by atoms with van der Waals surface area (Å²) in [6.07, 6.45) is 0.605. The SMILES string of the molecule is CCC(Sc1nnc(CSc2ccccc2)n1-c1ccccc1)C(=O)Nc1ccc(F)cc1. The van der Waals surface area contributed by atoms with Crippen molar-refractivity contribution in [1.82, 2.24) is 14.8 Å². The molecule has 0 saturated carbocycles. The van der Waals surface area contributed by atoms with Crippen molar-refractivity contribution in [2.45, 2.75) is 34.4 Å². The van der Waals surface area contributed by atoms with Gasteiger partial charge in [-0.2, -0.15) is 0 Å². The Hall–Kier alpha value is -3.10. The van der Waals surface area contributed by atoms with Gasteiger partial charge in [-0.3, -0.25) is 9.36 Å². The van der Waals surface area contributed by atoms with Crippen LogP contribution in [0.4, 0.5) is 10.1 Å². The number of carbonyl (C=O) groups is 1. The molecule has 0 radical (unpaired) electrons.